The maximum absolute atomic E-state index is 11.0. The summed E-state index contributed by atoms with van der Waals surface area (Å²) in [5, 5.41) is 7.76. The van der Waals surface area contributed by atoms with E-state index in [0.717, 1.165) is 5.56 Å². The number of carbonyl (C=O) groups excluding carboxylic acids is 1. The lowest BCUT2D eigenvalue weighted by Crippen LogP contribution is -2.14. The van der Waals surface area contributed by atoms with Crippen LogP contribution in [0.5, 0.6) is 11.6 Å². The lowest BCUT2D eigenvalue weighted by molar-refractivity contribution is -0.117. The predicted octanol–water partition coefficient (Wildman–Crippen LogP) is 3.10. The molecule has 0 bridgehead atoms. The number of amides is 1. The van der Waals surface area contributed by atoms with Gasteiger partial charge in [0.1, 0.15) is 5.75 Å². The van der Waals surface area contributed by atoms with Gasteiger partial charge in [-0.15, -0.1) is 5.10 Å². The molecule has 0 spiro atoms. The minimum atomic E-state index is -0.430. The molecule has 0 aliphatic rings. The van der Waals surface area contributed by atoms with Crippen molar-refractivity contribution in [2.24, 2.45) is 5.73 Å². The fourth-order valence-corrected chi connectivity index (χ4v) is 2.36. The van der Waals surface area contributed by atoms with E-state index < -0.39 is 5.91 Å². The largest absolute Gasteiger partial charge is 0.437 e. The van der Waals surface area contributed by atoms with E-state index in [9.17, 15) is 4.79 Å². The predicted molar refractivity (Wildman–Crippen MR) is 77.4 cm³/mol. The highest BCUT2D eigenvalue weighted by Gasteiger charge is 2.15. The van der Waals surface area contributed by atoms with Crippen LogP contribution in [0.3, 0.4) is 0 Å². The summed E-state index contributed by atoms with van der Waals surface area (Å²) < 4.78 is 5.66. The number of hydrogen-bond donors (Lipinski definition) is 2. The molecule has 7 heteroatoms. The minimum Gasteiger partial charge on any atom is -0.437 e. The van der Waals surface area contributed by atoms with E-state index in [1.165, 1.54) is 0 Å². The van der Waals surface area contributed by atoms with Gasteiger partial charge >= 0.3 is 0 Å². The first kappa shape index (κ1) is 14.7. The number of aromatic amines is 1. The Labute approximate surface area is 126 Å². The molecule has 0 aliphatic carbocycles. The number of nitrogens with two attached hydrogens (primary N) is 1. The van der Waals surface area contributed by atoms with Crippen LogP contribution in [0.1, 0.15) is 18.2 Å². The van der Waals surface area contributed by atoms with Gasteiger partial charge in [-0.3, -0.25) is 9.89 Å². The maximum atomic E-state index is 11.0. The Morgan fingerprint density at radius 1 is 1.35 bits per heavy atom. The molecule has 0 atom stereocenters. The normalized spacial score (nSPS) is 10.6. The molecule has 106 valence electrons. The molecule has 0 saturated heterocycles. The highest BCUT2D eigenvalue weighted by Crippen LogP contribution is 2.30. The third-order valence-corrected chi connectivity index (χ3v) is 3.11. The first-order valence-electron chi connectivity index (χ1n) is 5.98. The second kappa shape index (κ2) is 6.15. The molecule has 20 heavy (non-hydrogen) atoms. The zero-order valence-electron chi connectivity index (χ0n) is 10.7. The summed E-state index contributed by atoms with van der Waals surface area (Å²) >= 11 is 11.8. The van der Waals surface area contributed by atoms with Crippen LogP contribution in [-0.2, 0) is 17.6 Å². The van der Waals surface area contributed by atoms with Crippen molar-refractivity contribution in [3.8, 4) is 11.6 Å². The van der Waals surface area contributed by atoms with Crippen molar-refractivity contribution in [2.45, 2.75) is 19.8 Å². The Morgan fingerprint density at radius 2 is 2.00 bits per heavy atom. The van der Waals surface area contributed by atoms with Crippen LogP contribution < -0.4 is 10.5 Å². The number of rotatable bonds is 5. The lowest BCUT2D eigenvalue weighted by atomic mass is 10.1. The summed E-state index contributed by atoms with van der Waals surface area (Å²) in [7, 11) is 0. The van der Waals surface area contributed by atoms with Crippen molar-refractivity contribution in [3.63, 3.8) is 0 Å². The summed E-state index contributed by atoms with van der Waals surface area (Å²) in [4.78, 5) is 11.0. The highest BCUT2D eigenvalue weighted by atomic mass is 35.5. The molecular weight excluding hydrogens is 301 g/mol. The summed E-state index contributed by atoms with van der Waals surface area (Å²) in [6, 6.07) is 4.88. The molecule has 5 nitrogen and oxygen atoms in total. The quantitative estimate of drug-likeness (QED) is 0.890. The van der Waals surface area contributed by atoms with Gasteiger partial charge in [0.15, 0.2) is 0 Å². The molecule has 0 aliphatic heterocycles. The lowest BCUT2D eigenvalue weighted by Gasteiger charge is -2.06. The van der Waals surface area contributed by atoms with Crippen LogP contribution in [-0.4, -0.2) is 16.1 Å². The summed E-state index contributed by atoms with van der Waals surface area (Å²) in [5.74, 6) is 0.442. The first-order chi connectivity index (χ1) is 9.49. The zero-order valence-corrected chi connectivity index (χ0v) is 12.3. The second-order valence-corrected chi connectivity index (χ2v) is 5.06. The number of ether oxygens (including phenoxy) is 1. The smallest absolute Gasteiger partial charge is 0.241 e. The number of aromatic nitrogens is 2. The summed E-state index contributed by atoms with van der Waals surface area (Å²) in [6.45, 7) is 1.94. The van der Waals surface area contributed by atoms with Gasteiger partial charge in [-0.25, -0.2) is 0 Å². The van der Waals surface area contributed by atoms with Gasteiger partial charge in [-0.1, -0.05) is 30.1 Å². The van der Waals surface area contributed by atoms with Gasteiger partial charge in [0.2, 0.25) is 11.8 Å². The van der Waals surface area contributed by atoms with Gasteiger partial charge in [0, 0.05) is 15.6 Å². The number of hydrogen-bond acceptors (Lipinski definition) is 3. The standard InChI is InChI=1S/C13H13Cl2N3O2/c1-2-10-11(6-12(16)19)17-18-13(10)20-9-4-7(14)3-8(15)5-9/h3-5H,2,6H2,1H3,(H2,16,19)(H,17,18). The minimum absolute atomic E-state index is 0.0931. The van der Waals surface area contributed by atoms with Crippen LogP contribution in [0.2, 0.25) is 10.0 Å². The van der Waals surface area contributed by atoms with Crippen LogP contribution in [0.4, 0.5) is 0 Å². The molecule has 0 unspecified atom stereocenters. The van der Waals surface area contributed by atoms with E-state index in [-0.39, 0.29) is 6.42 Å². The monoisotopic (exact) mass is 313 g/mol. The molecule has 1 amide bonds. The molecule has 1 aromatic carbocycles. The number of H-pyrrole nitrogens is 1. The molecule has 2 rings (SSSR count). The number of nitrogens with zero attached hydrogens (tertiary/aromatic N) is 1. The zero-order chi connectivity index (χ0) is 14.7. The number of carbonyl (C=O) groups is 1. The van der Waals surface area contributed by atoms with Crippen LogP contribution in [0.15, 0.2) is 18.2 Å². The van der Waals surface area contributed by atoms with Gasteiger partial charge in [-0.2, -0.15) is 0 Å². The van der Waals surface area contributed by atoms with Crippen molar-refractivity contribution < 1.29 is 9.53 Å². The van der Waals surface area contributed by atoms with E-state index in [1.54, 1.807) is 18.2 Å². The van der Waals surface area contributed by atoms with Gasteiger partial charge < -0.3 is 10.5 Å². The molecule has 2 aromatic rings. The van der Waals surface area contributed by atoms with E-state index >= 15 is 0 Å². The second-order valence-electron chi connectivity index (χ2n) is 4.19. The third-order valence-electron chi connectivity index (χ3n) is 2.67. The molecule has 1 heterocycles. The van der Waals surface area contributed by atoms with Crippen molar-refractivity contribution >= 4 is 29.1 Å². The fourth-order valence-electron chi connectivity index (χ4n) is 1.85. The SMILES string of the molecule is CCc1c(Oc2cc(Cl)cc(Cl)c2)n[nH]c1CC(N)=O. The Kier molecular flexibility index (Phi) is 4.52. The van der Waals surface area contributed by atoms with Crippen molar-refractivity contribution in [2.75, 3.05) is 0 Å². The van der Waals surface area contributed by atoms with E-state index in [4.69, 9.17) is 33.7 Å². The Bertz CT molecular complexity index is 620. The number of primary amides is 1. The first-order valence-corrected chi connectivity index (χ1v) is 6.73. The van der Waals surface area contributed by atoms with E-state index in [1.807, 2.05) is 6.92 Å². The molecule has 0 saturated carbocycles. The molecular formula is C13H13Cl2N3O2. The van der Waals surface area contributed by atoms with Crippen LogP contribution in [0.25, 0.3) is 0 Å². The van der Waals surface area contributed by atoms with Crippen LogP contribution >= 0.6 is 23.2 Å². The van der Waals surface area contributed by atoms with Crippen molar-refractivity contribution in [1.29, 1.82) is 0 Å². The summed E-state index contributed by atoms with van der Waals surface area (Å²) in [5.41, 5.74) is 6.65. The number of halogens is 2. The van der Waals surface area contributed by atoms with Gasteiger partial charge in [-0.05, 0) is 24.6 Å². The topological polar surface area (TPSA) is 81.0 Å². The number of nitrogens with one attached hydrogen (secondary N) is 1. The Balaban J connectivity index is 2.29. The Hall–Kier alpha value is -1.72. The Morgan fingerprint density at radius 3 is 2.55 bits per heavy atom. The molecule has 1 aromatic heterocycles. The molecule has 0 fully saturated rings. The highest BCUT2D eigenvalue weighted by molar-refractivity contribution is 6.34. The van der Waals surface area contributed by atoms with Crippen LogP contribution in [0, 0.1) is 0 Å². The summed E-state index contributed by atoms with van der Waals surface area (Å²) in [6.07, 6.45) is 0.749. The average Bonchev–Trinajstić information content (AvgIpc) is 2.69. The van der Waals surface area contributed by atoms with Gasteiger partial charge in [0.05, 0.1) is 12.1 Å². The van der Waals surface area contributed by atoms with E-state index in [0.29, 0.717) is 33.8 Å². The maximum Gasteiger partial charge on any atom is 0.241 e. The third kappa shape index (κ3) is 3.43. The molecule has 3 N–H and O–H groups in total. The fraction of sp³-hybridized carbons (Fsp3) is 0.231. The van der Waals surface area contributed by atoms with E-state index in [2.05, 4.69) is 10.2 Å². The van der Waals surface area contributed by atoms with Crippen molar-refractivity contribution in [1.82, 2.24) is 10.2 Å². The average molecular weight is 314 g/mol. The number of benzene rings is 1. The van der Waals surface area contributed by atoms with Crippen molar-refractivity contribution in [3.05, 3.63) is 39.5 Å². The molecule has 0 radical (unpaired) electrons. The van der Waals surface area contributed by atoms with Gasteiger partial charge in [0.25, 0.3) is 0 Å².